The van der Waals surface area contributed by atoms with Crippen LogP contribution >= 0.6 is 22.7 Å². The van der Waals surface area contributed by atoms with Crippen molar-refractivity contribution in [1.82, 2.24) is 10.2 Å². The van der Waals surface area contributed by atoms with Gasteiger partial charge in [0.1, 0.15) is 0 Å². The summed E-state index contributed by atoms with van der Waals surface area (Å²) in [5.74, 6) is 0. The summed E-state index contributed by atoms with van der Waals surface area (Å²) in [6.45, 7) is 5.53. The molecule has 2 heterocycles. The number of rotatable bonds is 8. The minimum atomic E-state index is 0.599. The van der Waals surface area contributed by atoms with Gasteiger partial charge in [-0.1, -0.05) is 6.07 Å². The van der Waals surface area contributed by atoms with Crippen LogP contribution in [0.2, 0.25) is 0 Å². The molecule has 0 aliphatic heterocycles. The Balaban J connectivity index is 1.49. The van der Waals surface area contributed by atoms with Crippen LogP contribution in [0, 0.1) is 0 Å². The molecule has 1 saturated carbocycles. The van der Waals surface area contributed by atoms with Crippen LogP contribution in [0.3, 0.4) is 0 Å². The molecule has 3 rings (SSSR count). The van der Waals surface area contributed by atoms with Crippen molar-refractivity contribution in [2.75, 3.05) is 6.54 Å². The lowest BCUT2D eigenvalue weighted by Gasteiger charge is -2.29. The van der Waals surface area contributed by atoms with Gasteiger partial charge in [0.2, 0.25) is 0 Å². The smallest absolute Gasteiger partial charge is 0.0300 e. The molecule has 1 aliphatic rings. The van der Waals surface area contributed by atoms with E-state index < -0.39 is 0 Å². The molecule has 1 aliphatic carbocycles. The van der Waals surface area contributed by atoms with Crippen LogP contribution in [0.4, 0.5) is 0 Å². The van der Waals surface area contributed by atoms with E-state index in [2.05, 4.69) is 51.5 Å². The predicted molar refractivity (Wildman–Crippen MR) is 88.4 cm³/mol. The Morgan fingerprint density at radius 1 is 1.35 bits per heavy atom. The molecule has 2 nitrogen and oxygen atoms in total. The Morgan fingerprint density at radius 2 is 2.25 bits per heavy atom. The fourth-order valence-corrected chi connectivity index (χ4v) is 3.91. The second-order valence-corrected chi connectivity index (χ2v) is 7.41. The Hall–Kier alpha value is -0.680. The maximum atomic E-state index is 3.60. The fourth-order valence-electron chi connectivity index (χ4n) is 2.58. The molecule has 1 N–H and O–H groups in total. The molecular weight excluding hydrogens is 284 g/mol. The van der Waals surface area contributed by atoms with Gasteiger partial charge in [-0.25, -0.2) is 0 Å². The molecule has 0 spiro atoms. The fraction of sp³-hybridized carbons (Fsp3) is 0.500. The van der Waals surface area contributed by atoms with Crippen LogP contribution in [-0.4, -0.2) is 23.5 Å². The Morgan fingerprint density at radius 3 is 2.90 bits per heavy atom. The number of hydrogen-bond acceptors (Lipinski definition) is 4. The summed E-state index contributed by atoms with van der Waals surface area (Å²) in [6, 6.07) is 7.99. The zero-order chi connectivity index (χ0) is 13.8. The van der Waals surface area contributed by atoms with Gasteiger partial charge in [-0.2, -0.15) is 11.3 Å². The highest BCUT2D eigenvalue weighted by Gasteiger charge is 2.31. The van der Waals surface area contributed by atoms with E-state index >= 15 is 0 Å². The van der Waals surface area contributed by atoms with Crippen molar-refractivity contribution in [3.8, 4) is 0 Å². The minimum Gasteiger partial charge on any atom is -0.310 e. The maximum Gasteiger partial charge on any atom is 0.0300 e. The second-order valence-electron chi connectivity index (χ2n) is 5.59. The van der Waals surface area contributed by atoms with Gasteiger partial charge >= 0.3 is 0 Å². The van der Waals surface area contributed by atoms with Gasteiger partial charge in [0.25, 0.3) is 0 Å². The van der Waals surface area contributed by atoms with Crippen molar-refractivity contribution < 1.29 is 0 Å². The van der Waals surface area contributed by atoms with Gasteiger partial charge in [-0.3, -0.25) is 4.90 Å². The molecule has 0 saturated heterocycles. The van der Waals surface area contributed by atoms with Crippen molar-refractivity contribution in [1.29, 1.82) is 0 Å². The Labute approximate surface area is 129 Å². The molecular formula is C16H22N2S2. The lowest BCUT2D eigenvalue weighted by molar-refractivity contribution is 0.185. The van der Waals surface area contributed by atoms with Crippen molar-refractivity contribution >= 4 is 22.7 Å². The highest BCUT2D eigenvalue weighted by Crippen LogP contribution is 2.30. The first kappa shape index (κ1) is 14.3. The summed E-state index contributed by atoms with van der Waals surface area (Å²) in [5, 5.41) is 10.2. The van der Waals surface area contributed by atoms with E-state index in [1.165, 1.54) is 23.3 Å². The van der Waals surface area contributed by atoms with Crippen LogP contribution < -0.4 is 5.32 Å². The normalized spacial score (nSPS) is 16.7. The number of hydrogen-bond donors (Lipinski definition) is 1. The Bertz CT molecular complexity index is 489. The summed E-state index contributed by atoms with van der Waals surface area (Å²) >= 11 is 3.63. The van der Waals surface area contributed by atoms with Gasteiger partial charge in [-0.05, 0) is 53.6 Å². The van der Waals surface area contributed by atoms with Crippen molar-refractivity contribution in [2.24, 2.45) is 0 Å². The van der Waals surface area contributed by atoms with Crippen molar-refractivity contribution in [3.63, 3.8) is 0 Å². The minimum absolute atomic E-state index is 0.599. The van der Waals surface area contributed by atoms with Crippen LogP contribution in [0.1, 0.15) is 30.2 Å². The van der Waals surface area contributed by atoms with Gasteiger partial charge in [-0.15, -0.1) is 11.3 Å². The molecule has 20 heavy (non-hydrogen) atoms. The summed E-state index contributed by atoms with van der Waals surface area (Å²) < 4.78 is 0. The van der Waals surface area contributed by atoms with Gasteiger partial charge in [0, 0.05) is 36.6 Å². The van der Waals surface area contributed by atoms with Crippen LogP contribution in [0.5, 0.6) is 0 Å². The maximum absolute atomic E-state index is 3.60. The van der Waals surface area contributed by atoms with Crippen LogP contribution in [-0.2, 0) is 13.1 Å². The van der Waals surface area contributed by atoms with E-state index in [0.717, 1.165) is 25.7 Å². The van der Waals surface area contributed by atoms with E-state index in [9.17, 15) is 0 Å². The zero-order valence-corrected chi connectivity index (χ0v) is 13.6. The number of thiophene rings is 2. The molecule has 0 radical (unpaired) electrons. The quantitative estimate of drug-likeness (QED) is 0.794. The molecule has 2 aromatic rings. The first-order chi connectivity index (χ1) is 9.83. The largest absolute Gasteiger partial charge is 0.310 e. The third-order valence-electron chi connectivity index (χ3n) is 3.85. The van der Waals surface area contributed by atoms with E-state index in [-0.39, 0.29) is 0 Å². The molecule has 1 unspecified atom stereocenters. The monoisotopic (exact) mass is 306 g/mol. The Kier molecular flexibility index (Phi) is 4.89. The topological polar surface area (TPSA) is 15.3 Å². The highest BCUT2D eigenvalue weighted by molar-refractivity contribution is 7.09. The standard InChI is InChI=1S/C16H22N2S2/c1-13(9-17-10-16-3-2-7-20-16)18(15-4-5-15)11-14-6-8-19-12-14/h2-3,6-8,12-13,15,17H,4-5,9-11H2,1H3. The SMILES string of the molecule is CC(CNCc1cccs1)N(Cc1ccsc1)C1CC1. The van der Waals surface area contributed by atoms with Crippen molar-refractivity contribution in [3.05, 3.63) is 44.8 Å². The average molecular weight is 307 g/mol. The molecule has 1 fully saturated rings. The van der Waals surface area contributed by atoms with Gasteiger partial charge in [0.05, 0.1) is 0 Å². The van der Waals surface area contributed by atoms with E-state index in [4.69, 9.17) is 0 Å². The lowest BCUT2D eigenvalue weighted by Crippen LogP contribution is -2.41. The van der Waals surface area contributed by atoms with Crippen molar-refractivity contribution in [2.45, 2.75) is 44.9 Å². The van der Waals surface area contributed by atoms with E-state index in [0.29, 0.717) is 6.04 Å². The summed E-state index contributed by atoms with van der Waals surface area (Å²) in [4.78, 5) is 4.09. The number of nitrogens with one attached hydrogen (secondary N) is 1. The third kappa shape index (κ3) is 3.92. The van der Waals surface area contributed by atoms with Gasteiger partial charge in [0.15, 0.2) is 0 Å². The van der Waals surface area contributed by atoms with E-state index in [1.807, 2.05) is 11.3 Å². The third-order valence-corrected chi connectivity index (χ3v) is 5.45. The molecule has 0 aromatic carbocycles. The highest BCUT2D eigenvalue weighted by atomic mass is 32.1. The van der Waals surface area contributed by atoms with Gasteiger partial charge < -0.3 is 5.32 Å². The molecule has 0 amide bonds. The zero-order valence-electron chi connectivity index (χ0n) is 11.9. The van der Waals surface area contributed by atoms with Crippen LogP contribution in [0.15, 0.2) is 34.3 Å². The van der Waals surface area contributed by atoms with E-state index in [1.54, 1.807) is 11.3 Å². The summed E-state index contributed by atoms with van der Waals surface area (Å²) in [7, 11) is 0. The second kappa shape index (κ2) is 6.85. The summed E-state index contributed by atoms with van der Waals surface area (Å²) in [6.07, 6.45) is 2.75. The summed E-state index contributed by atoms with van der Waals surface area (Å²) in [5.41, 5.74) is 1.46. The first-order valence-electron chi connectivity index (χ1n) is 7.33. The lowest BCUT2D eigenvalue weighted by atomic mass is 10.2. The molecule has 0 bridgehead atoms. The molecule has 4 heteroatoms. The first-order valence-corrected chi connectivity index (χ1v) is 9.15. The molecule has 108 valence electrons. The number of nitrogens with zero attached hydrogens (tertiary/aromatic N) is 1. The molecule has 1 atom stereocenters. The average Bonchev–Trinajstić information content (AvgIpc) is 2.93. The molecule has 2 aromatic heterocycles. The predicted octanol–water partition coefficient (Wildman–Crippen LogP) is 3.95. The van der Waals surface area contributed by atoms with Crippen LogP contribution in [0.25, 0.3) is 0 Å².